The predicted octanol–water partition coefficient (Wildman–Crippen LogP) is 5.64. The molecule has 0 amide bonds. The molecule has 1 aliphatic rings. The van der Waals surface area contributed by atoms with Crippen molar-refractivity contribution in [3.05, 3.63) is 101 Å². The molecule has 1 aliphatic heterocycles. The van der Waals surface area contributed by atoms with Crippen LogP contribution in [0.3, 0.4) is 0 Å². The zero-order chi connectivity index (χ0) is 22.2. The average Bonchev–Trinajstić information content (AvgIpc) is 3.31. The SMILES string of the molecule is CCn1cc(/C=C2\Oc3cc(OC(=O)c4cccc(F)c4)ccc3C2=O)c2ccccc21. The van der Waals surface area contributed by atoms with Crippen LogP contribution in [0, 0.1) is 5.82 Å². The Labute approximate surface area is 183 Å². The van der Waals surface area contributed by atoms with Crippen molar-refractivity contribution < 1.29 is 23.5 Å². The smallest absolute Gasteiger partial charge is 0.343 e. The van der Waals surface area contributed by atoms with Crippen LogP contribution in [0.4, 0.5) is 4.39 Å². The molecule has 5 rings (SSSR count). The summed E-state index contributed by atoms with van der Waals surface area (Å²) in [6.07, 6.45) is 3.72. The van der Waals surface area contributed by atoms with E-state index in [0.717, 1.165) is 29.1 Å². The summed E-state index contributed by atoms with van der Waals surface area (Å²) in [5.41, 5.74) is 2.45. The lowest BCUT2D eigenvalue weighted by Crippen LogP contribution is -2.08. The number of ether oxygens (including phenoxy) is 2. The quantitative estimate of drug-likeness (QED) is 0.240. The normalized spacial score (nSPS) is 13.9. The number of carbonyl (C=O) groups excluding carboxylic acids is 2. The van der Waals surface area contributed by atoms with E-state index in [1.54, 1.807) is 12.1 Å². The van der Waals surface area contributed by atoms with Crippen molar-refractivity contribution in [2.24, 2.45) is 0 Å². The number of halogens is 1. The number of rotatable bonds is 4. The average molecular weight is 427 g/mol. The van der Waals surface area contributed by atoms with E-state index in [-0.39, 0.29) is 22.9 Å². The molecule has 0 atom stereocenters. The van der Waals surface area contributed by atoms with Crippen LogP contribution in [0.5, 0.6) is 11.5 Å². The summed E-state index contributed by atoms with van der Waals surface area (Å²) in [7, 11) is 0. The van der Waals surface area contributed by atoms with Gasteiger partial charge in [0.05, 0.1) is 11.1 Å². The monoisotopic (exact) mass is 427 g/mol. The molecule has 1 aromatic heterocycles. The number of Topliss-reactive ketones (excluding diaryl/α,β-unsaturated/α-hetero) is 1. The second kappa shape index (κ2) is 7.81. The molecule has 32 heavy (non-hydrogen) atoms. The summed E-state index contributed by atoms with van der Waals surface area (Å²) in [5.74, 6) is -0.748. The van der Waals surface area contributed by atoms with E-state index < -0.39 is 11.8 Å². The van der Waals surface area contributed by atoms with Gasteiger partial charge in [0.2, 0.25) is 5.78 Å². The number of esters is 1. The minimum Gasteiger partial charge on any atom is -0.452 e. The third-order valence-corrected chi connectivity index (χ3v) is 5.36. The molecule has 2 heterocycles. The van der Waals surface area contributed by atoms with Gasteiger partial charge in [-0.3, -0.25) is 4.79 Å². The first-order valence-corrected chi connectivity index (χ1v) is 10.2. The number of ketones is 1. The van der Waals surface area contributed by atoms with Crippen LogP contribution < -0.4 is 9.47 Å². The second-order valence-electron chi connectivity index (χ2n) is 7.39. The molecule has 4 aromatic rings. The molecule has 0 bridgehead atoms. The summed E-state index contributed by atoms with van der Waals surface area (Å²) in [5, 5.41) is 1.03. The zero-order valence-corrected chi connectivity index (χ0v) is 17.2. The molecular weight excluding hydrogens is 409 g/mol. The van der Waals surface area contributed by atoms with Crippen LogP contribution in [0.1, 0.15) is 33.2 Å². The molecule has 158 valence electrons. The third kappa shape index (κ3) is 3.46. The minimum absolute atomic E-state index is 0.0930. The van der Waals surface area contributed by atoms with Crippen LogP contribution >= 0.6 is 0 Å². The van der Waals surface area contributed by atoms with Crippen molar-refractivity contribution >= 4 is 28.7 Å². The molecule has 0 N–H and O–H groups in total. The first kappa shape index (κ1) is 19.8. The summed E-state index contributed by atoms with van der Waals surface area (Å²) in [4.78, 5) is 25.1. The van der Waals surface area contributed by atoms with E-state index in [2.05, 4.69) is 11.5 Å². The molecule has 0 saturated heterocycles. The zero-order valence-electron chi connectivity index (χ0n) is 17.2. The number of fused-ring (bicyclic) bond motifs is 2. The highest BCUT2D eigenvalue weighted by molar-refractivity contribution is 6.15. The molecule has 6 heteroatoms. The molecule has 0 aliphatic carbocycles. The summed E-state index contributed by atoms with van der Waals surface area (Å²) in [6.45, 7) is 2.86. The second-order valence-corrected chi connectivity index (χ2v) is 7.39. The number of hydrogen-bond acceptors (Lipinski definition) is 4. The van der Waals surface area contributed by atoms with Crippen LogP contribution in [0.25, 0.3) is 17.0 Å². The van der Waals surface area contributed by atoms with E-state index >= 15 is 0 Å². The summed E-state index contributed by atoms with van der Waals surface area (Å²) in [6, 6.07) is 17.8. The maximum Gasteiger partial charge on any atom is 0.343 e. The van der Waals surface area contributed by atoms with Crippen molar-refractivity contribution in [2.75, 3.05) is 0 Å². The highest BCUT2D eigenvalue weighted by atomic mass is 19.1. The molecule has 0 unspecified atom stereocenters. The van der Waals surface area contributed by atoms with Gasteiger partial charge in [-0.15, -0.1) is 0 Å². The first-order valence-electron chi connectivity index (χ1n) is 10.2. The molecular formula is C26H18FNO4. The highest BCUT2D eigenvalue weighted by Gasteiger charge is 2.28. The minimum atomic E-state index is -0.697. The Balaban J connectivity index is 1.42. The van der Waals surface area contributed by atoms with Gasteiger partial charge in [0.25, 0.3) is 0 Å². The fourth-order valence-corrected chi connectivity index (χ4v) is 3.81. The Morgan fingerprint density at radius 1 is 1.09 bits per heavy atom. The van der Waals surface area contributed by atoms with Gasteiger partial charge >= 0.3 is 5.97 Å². The van der Waals surface area contributed by atoms with Gasteiger partial charge in [-0.05, 0) is 49.4 Å². The Bertz CT molecular complexity index is 1420. The van der Waals surface area contributed by atoms with E-state index in [9.17, 15) is 14.0 Å². The van der Waals surface area contributed by atoms with Crippen LogP contribution in [0.2, 0.25) is 0 Å². The molecule has 3 aromatic carbocycles. The van der Waals surface area contributed by atoms with E-state index in [4.69, 9.17) is 9.47 Å². The van der Waals surface area contributed by atoms with E-state index in [1.165, 1.54) is 30.3 Å². The maximum absolute atomic E-state index is 13.4. The largest absolute Gasteiger partial charge is 0.452 e. The number of para-hydroxylation sites is 1. The summed E-state index contributed by atoms with van der Waals surface area (Å²) >= 11 is 0. The van der Waals surface area contributed by atoms with Crippen molar-refractivity contribution in [1.29, 1.82) is 0 Å². The van der Waals surface area contributed by atoms with Gasteiger partial charge in [-0.2, -0.15) is 0 Å². The molecule has 0 saturated carbocycles. The fourth-order valence-electron chi connectivity index (χ4n) is 3.81. The van der Waals surface area contributed by atoms with Crippen molar-refractivity contribution in [2.45, 2.75) is 13.5 Å². The molecule has 5 nitrogen and oxygen atoms in total. The Hall–Kier alpha value is -4.19. The fraction of sp³-hybridized carbons (Fsp3) is 0.0769. The lowest BCUT2D eigenvalue weighted by molar-refractivity contribution is 0.0734. The molecule has 0 spiro atoms. The topological polar surface area (TPSA) is 57.5 Å². The lowest BCUT2D eigenvalue weighted by atomic mass is 10.1. The van der Waals surface area contributed by atoms with Crippen LogP contribution in [-0.2, 0) is 6.54 Å². The van der Waals surface area contributed by atoms with Crippen molar-refractivity contribution in [3.8, 4) is 11.5 Å². The molecule has 0 radical (unpaired) electrons. The van der Waals surface area contributed by atoms with E-state index in [0.29, 0.717) is 11.3 Å². The van der Waals surface area contributed by atoms with Gasteiger partial charge in [0, 0.05) is 35.3 Å². The number of hydrogen-bond donors (Lipinski definition) is 0. The summed E-state index contributed by atoms with van der Waals surface area (Å²) < 4.78 is 26.6. The predicted molar refractivity (Wildman–Crippen MR) is 118 cm³/mol. The van der Waals surface area contributed by atoms with Crippen LogP contribution in [0.15, 0.2) is 78.7 Å². The van der Waals surface area contributed by atoms with Crippen molar-refractivity contribution in [1.82, 2.24) is 4.57 Å². The maximum atomic E-state index is 13.4. The van der Waals surface area contributed by atoms with Gasteiger partial charge in [0.15, 0.2) is 5.76 Å². The molecule has 0 fully saturated rings. The number of benzene rings is 3. The number of nitrogens with zero attached hydrogens (tertiary/aromatic N) is 1. The Morgan fingerprint density at radius 3 is 2.75 bits per heavy atom. The van der Waals surface area contributed by atoms with Gasteiger partial charge in [0.1, 0.15) is 17.3 Å². The van der Waals surface area contributed by atoms with Gasteiger partial charge < -0.3 is 14.0 Å². The lowest BCUT2D eigenvalue weighted by Gasteiger charge is -2.05. The highest BCUT2D eigenvalue weighted by Crippen LogP contribution is 2.36. The number of aryl methyl sites for hydroxylation is 1. The number of carbonyl (C=O) groups is 2. The number of allylic oxidation sites excluding steroid dienone is 1. The Morgan fingerprint density at radius 2 is 1.94 bits per heavy atom. The van der Waals surface area contributed by atoms with Gasteiger partial charge in [-0.25, -0.2) is 9.18 Å². The van der Waals surface area contributed by atoms with Crippen LogP contribution in [-0.4, -0.2) is 16.3 Å². The van der Waals surface area contributed by atoms with Gasteiger partial charge in [-0.1, -0.05) is 24.3 Å². The first-order chi connectivity index (χ1) is 15.5. The Kier molecular flexibility index (Phi) is 4.82. The standard InChI is InChI=1S/C26H18FNO4/c1-2-28-15-17(20-8-3-4-9-22(20)28)13-24-25(29)21-11-10-19(14-23(21)32-24)31-26(30)16-6-5-7-18(27)12-16/h3-15H,2H2,1H3/b24-13-. The number of aromatic nitrogens is 1. The van der Waals surface area contributed by atoms with Crippen molar-refractivity contribution in [3.63, 3.8) is 0 Å². The third-order valence-electron chi connectivity index (χ3n) is 5.36. The van der Waals surface area contributed by atoms with E-state index in [1.807, 2.05) is 30.5 Å².